The van der Waals surface area contributed by atoms with E-state index < -0.39 is 0 Å². The zero-order valence-electron chi connectivity index (χ0n) is 29.1. The Kier molecular flexibility index (Phi) is 6.75. The van der Waals surface area contributed by atoms with Crippen LogP contribution in [0.15, 0.2) is 174 Å². The van der Waals surface area contributed by atoms with Gasteiger partial charge in [0.2, 0.25) is 0 Å². The SMILES string of the molecule is C1=c2c(-c3cccc(-c4cccc5ccccc45)c3)c3ccccc3c(-c3ccc4cc(-c5ccc6oc7ccccc7c6c5)ccc4c3)c2=CCC1. The molecule has 1 nitrogen and oxygen atoms in total. The van der Waals surface area contributed by atoms with Gasteiger partial charge in [-0.2, -0.15) is 0 Å². The van der Waals surface area contributed by atoms with E-state index in [0.29, 0.717) is 0 Å². The number of furan rings is 1. The Balaban J connectivity index is 1.06. The predicted octanol–water partition coefficient (Wildman–Crippen LogP) is 13.1. The molecular weight excluding hydrogens is 641 g/mol. The van der Waals surface area contributed by atoms with Crippen LogP contribution in [0.3, 0.4) is 0 Å². The van der Waals surface area contributed by atoms with E-state index >= 15 is 0 Å². The van der Waals surface area contributed by atoms with Crippen molar-refractivity contribution in [3.8, 4) is 44.5 Å². The van der Waals surface area contributed by atoms with Gasteiger partial charge in [-0.1, -0.05) is 146 Å². The zero-order chi connectivity index (χ0) is 34.9. The molecule has 0 fully saturated rings. The number of para-hydroxylation sites is 1. The van der Waals surface area contributed by atoms with Crippen LogP contribution < -0.4 is 10.4 Å². The van der Waals surface area contributed by atoms with Crippen LogP contribution in [0.5, 0.6) is 0 Å². The monoisotopic (exact) mass is 674 g/mol. The highest BCUT2D eigenvalue weighted by Crippen LogP contribution is 2.37. The Bertz CT molecular complexity index is 3230. The second kappa shape index (κ2) is 11.9. The molecular formula is C52H34O. The van der Waals surface area contributed by atoms with Crippen LogP contribution >= 0.6 is 0 Å². The van der Waals surface area contributed by atoms with Crippen molar-refractivity contribution >= 4 is 66.4 Å². The molecule has 248 valence electrons. The van der Waals surface area contributed by atoms with Crippen molar-refractivity contribution in [2.75, 3.05) is 0 Å². The average molecular weight is 675 g/mol. The third-order valence-corrected chi connectivity index (χ3v) is 11.2. The summed E-state index contributed by atoms with van der Waals surface area (Å²) < 4.78 is 6.10. The van der Waals surface area contributed by atoms with Gasteiger partial charge in [0.15, 0.2) is 0 Å². The molecule has 1 aliphatic rings. The molecule has 0 spiro atoms. The summed E-state index contributed by atoms with van der Waals surface area (Å²) in [5, 5.41) is 12.6. The number of hydrogen-bond acceptors (Lipinski definition) is 1. The fourth-order valence-corrected chi connectivity index (χ4v) is 8.79. The van der Waals surface area contributed by atoms with E-state index in [9.17, 15) is 0 Å². The quantitative estimate of drug-likeness (QED) is 0.181. The second-order valence-electron chi connectivity index (χ2n) is 14.3. The van der Waals surface area contributed by atoms with Crippen molar-refractivity contribution in [1.82, 2.24) is 0 Å². The molecule has 0 unspecified atom stereocenters. The molecule has 1 aliphatic carbocycles. The summed E-state index contributed by atoms with van der Waals surface area (Å²) in [6.07, 6.45) is 7.03. The predicted molar refractivity (Wildman–Crippen MR) is 225 cm³/mol. The smallest absolute Gasteiger partial charge is 0.135 e. The fourth-order valence-electron chi connectivity index (χ4n) is 8.79. The second-order valence-corrected chi connectivity index (χ2v) is 14.3. The third-order valence-electron chi connectivity index (χ3n) is 11.2. The van der Waals surface area contributed by atoms with Gasteiger partial charge >= 0.3 is 0 Å². The molecule has 0 aliphatic heterocycles. The largest absolute Gasteiger partial charge is 0.456 e. The molecule has 10 aromatic rings. The molecule has 9 aromatic carbocycles. The third kappa shape index (κ3) is 4.85. The summed E-state index contributed by atoms with van der Waals surface area (Å²) in [5.74, 6) is 0. The lowest BCUT2D eigenvalue weighted by molar-refractivity contribution is 0.669. The molecule has 0 saturated heterocycles. The van der Waals surface area contributed by atoms with Crippen molar-refractivity contribution in [3.63, 3.8) is 0 Å². The highest BCUT2D eigenvalue weighted by atomic mass is 16.3. The van der Waals surface area contributed by atoms with Crippen LogP contribution in [0.1, 0.15) is 12.8 Å². The summed E-state index contributed by atoms with van der Waals surface area (Å²) in [4.78, 5) is 0. The van der Waals surface area contributed by atoms with E-state index in [1.807, 2.05) is 12.1 Å². The molecule has 0 bridgehead atoms. The lowest BCUT2D eigenvalue weighted by atomic mass is 9.85. The fraction of sp³-hybridized carbons (Fsp3) is 0.0385. The Morgan fingerprint density at radius 2 is 0.868 bits per heavy atom. The number of fused-ring (bicyclic) bond motifs is 7. The molecule has 0 N–H and O–H groups in total. The van der Waals surface area contributed by atoms with Crippen molar-refractivity contribution < 1.29 is 4.42 Å². The van der Waals surface area contributed by atoms with E-state index in [2.05, 4.69) is 170 Å². The summed E-state index contributed by atoms with van der Waals surface area (Å²) in [6, 6.07) is 62.2. The molecule has 11 rings (SSSR count). The van der Waals surface area contributed by atoms with Crippen molar-refractivity contribution in [2.45, 2.75) is 12.8 Å². The zero-order valence-corrected chi connectivity index (χ0v) is 29.1. The Morgan fingerprint density at radius 1 is 0.321 bits per heavy atom. The van der Waals surface area contributed by atoms with Gasteiger partial charge in [-0.05, 0) is 137 Å². The first-order valence-corrected chi connectivity index (χ1v) is 18.6. The van der Waals surface area contributed by atoms with Crippen LogP contribution in [0, 0.1) is 0 Å². The lowest BCUT2D eigenvalue weighted by Gasteiger charge is -2.18. The Hall–Kier alpha value is -6.70. The van der Waals surface area contributed by atoms with Gasteiger partial charge in [0.05, 0.1) is 0 Å². The molecule has 1 aromatic heterocycles. The maximum Gasteiger partial charge on any atom is 0.135 e. The van der Waals surface area contributed by atoms with Gasteiger partial charge in [0.25, 0.3) is 0 Å². The van der Waals surface area contributed by atoms with E-state index in [0.717, 1.165) is 34.8 Å². The Morgan fingerprint density at radius 3 is 1.66 bits per heavy atom. The molecule has 1 heteroatoms. The molecule has 1 heterocycles. The van der Waals surface area contributed by atoms with Crippen molar-refractivity contribution in [3.05, 3.63) is 180 Å². The summed E-state index contributed by atoms with van der Waals surface area (Å²) in [5.41, 5.74) is 11.9. The van der Waals surface area contributed by atoms with E-state index in [4.69, 9.17) is 4.42 Å². The van der Waals surface area contributed by atoms with Crippen LogP contribution in [0.25, 0.3) is 111 Å². The maximum atomic E-state index is 6.10. The van der Waals surface area contributed by atoms with Gasteiger partial charge < -0.3 is 4.42 Å². The number of hydrogen-bond donors (Lipinski definition) is 0. The minimum absolute atomic E-state index is 0.925. The molecule has 0 radical (unpaired) electrons. The number of benzene rings is 9. The standard InChI is InChI=1S/C52H34O/c1-2-15-41-33(11-1)12-10-21-42(41)38-13-9-14-39(31-38)51-44-17-3-5-19-46(44)52(47-20-6-4-18-45(47)51)40-26-25-34-29-35(23-24-36(34)30-40)37-27-28-50-48(32-37)43-16-7-8-22-49(43)53-50/h1-3,5,7-32H,4,6H2. The van der Waals surface area contributed by atoms with Gasteiger partial charge in [-0.25, -0.2) is 0 Å². The van der Waals surface area contributed by atoms with Gasteiger partial charge in [0.1, 0.15) is 11.2 Å². The first kappa shape index (κ1) is 30.0. The molecule has 0 atom stereocenters. The maximum absolute atomic E-state index is 6.10. The number of rotatable bonds is 4. The van der Waals surface area contributed by atoms with E-state index in [1.54, 1.807) is 0 Å². The Labute approximate surface area is 307 Å². The van der Waals surface area contributed by atoms with Crippen LogP contribution in [-0.4, -0.2) is 0 Å². The highest BCUT2D eigenvalue weighted by molar-refractivity contribution is 6.09. The van der Waals surface area contributed by atoms with Crippen molar-refractivity contribution in [1.29, 1.82) is 0 Å². The first-order chi connectivity index (χ1) is 26.3. The molecule has 0 saturated carbocycles. The molecule has 0 amide bonds. The van der Waals surface area contributed by atoms with Crippen LogP contribution in [-0.2, 0) is 0 Å². The van der Waals surface area contributed by atoms with Gasteiger partial charge in [-0.15, -0.1) is 0 Å². The molecule has 53 heavy (non-hydrogen) atoms. The summed E-state index contributed by atoms with van der Waals surface area (Å²) in [7, 11) is 0. The van der Waals surface area contributed by atoms with E-state index in [1.165, 1.54) is 87.3 Å². The van der Waals surface area contributed by atoms with E-state index in [-0.39, 0.29) is 0 Å². The minimum Gasteiger partial charge on any atom is -0.456 e. The van der Waals surface area contributed by atoms with Crippen LogP contribution in [0.4, 0.5) is 0 Å². The lowest BCUT2D eigenvalue weighted by Crippen LogP contribution is -2.31. The van der Waals surface area contributed by atoms with Crippen molar-refractivity contribution in [2.24, 2.45) is 0 Å². The van der Waals surface area contributed by atoms with Crippen LogP contribution in [0.2, 0.25) is 0 Å². The average Bonchev–Trinajstić information content (AvgIpc) is 3.60. The minimum atomic E-state index is 0.925. The van der Waals surface area contributed by atoms with Gasteiger partial charge in [-0.3, -0.25) is 0 Å². The first-order valence-electron chi connectivity index (χ1n) is 18.6. The van der Waals surface area contributed by atoms with Gasteiger partial charge in [0, 0.05) is 10.8 Å². The normalized spacial score (nSPS) is 12.7. The summed E-state index contributed by atoms with van der Waals surface area (Å²) >= 11 is 0. The topological polar surface area (TPSA) is 13.1 Å². The summed E-state index contributed by atoms with van der Waals surface area (Å²) in [6.45, 7) is 0. The highest BCUT2D eigenvalue weighted by Gasteiger charge is 2.17.